The predicted molar refractivity (Wildman–Crippen MR) is 74.0 cm³/mol. The molecule has 1 aromatic rings. The van der Waals surface area contributed by atoms with Gasteiger partial charge in [-0.2, -0.15) is 8.42 Å². The zero-order valence-corrected chi connectivity index (χ0v) is 12.7. The van der Waals surface area contributed by atoms with Crippen molar-refractivity contribution in [1.29, 1.82) is 0 Å². The van der Waals surface area contributed by atoms with E-state index in [0.717, 1.165) is 5.56 Å². The van der Waals surface area contributed by atoms with E-state index in [1.54, 1.807) is 12.1 Å². The average molecular weight is 320 g/mol. The molecule has 0 aliphatic heterocycles. The van der Waals surface area contributed by atoms with Crippen molar-refractivity contribution in [2.24, 2.45) is 0 Å². The van der Waals surface area contributed by atoms with Gasteiger partial charge in [0.15, 0.2) is 6.29 Å². The van der Waals surface area contributed by atoms with E-state index >= 15 is 0 Å². The van der Waals surface area contributed by atoms with Crippen LogP contribution in [0.4, 0.5) is 0 Å². The molecule has 120 valence electrons. The van der Waals surface area contributed by atoms with Crippen LogP contribution in [-0.2, 0) is 19.0 Å². The van der Waals surface area contributed by atoms with E-state index in [-0.39, 0.29) is 4.90 Å². The Hall–Kier alpha value is -1.03. The van der Waals surface area contributed by atoms with Crippen molar-refractivity contribution in [3.63, 3.8) is 0 Å². The predicted octanol–water partition coefficient (Wildman–Crippen LogP) is -0.223. The number of aliphatic hydroxyl groups is 3. The fourth-order valence-corrected chi connectivity index (χ4v) is 2.46. The van der Waals surface area contributed by atoms with E-state index in [1.165, 1.54) is 19.1 Å². The Kier molecular flexibility index (Phi) is 6.72. The number of ether oxygens (including phenoxy) is 1. The number of benzene rings is 1. The maximum Gasteiger partial charge on any atom is 0.297 e. The van der Waals surface area contributed by atoms with Gasteiger partial charge in [0.1, 0.15) is 12.2 Å². The topological polar surface area (TPSA) is 113 Å². The van der Waals surface area contributed by atoms with Gasteiger partial charge in [-0.15, -0.1) is 0 Å². The van der Waals surface area contributed by atoms with Crippen LogP contribution in [0.1, 0.15) is 12.5 Å². The largest absolute Gasteiger partial charge is 0.394 e. The Morgan fingerprint density at radius 1 is 1.19 bits per heavy atom. The summed E-state index contributed by atoms with van der Waals surface area (Å²) in [6, 6.07) is 6.06. The number of hydrogen-bond donors (Lipinski definition) is 3. The van der Waals surface area contributed by atoms with Crippen LogP contribution in [0.2, 0.25) is 0 Å². The van der Waals surface area contributed by atoms with Gasteiger partial charge in [0.25, 0.3) is 10.1 Å². The highest BCUT2D eigenvalue weighted by molar-refractivity contribution is 7.86. The SMILES string of the molecule is Cc1ccc(S(=O)(=O)OCC(OC(C)O)C(O)CO)cc1. The zero-order chi connectivity index (χ0) is 16.0. The molecule has 0 radical (unpaired) electrons. The monoisotopic (exact) mass is 320 g/mol. The lowest BCUT2D eigenvalue weighted by Gasteiger charge is -2.23. The van der Waals surface area contributed by atoms with Gasteiger partial charge < -0.3 is 20.1 Å². The highest BCUT2D eigenvalue weighted by Gasteiger charge is 2.25. The molecule has 3 atom stereocenters. The molecule has 1 rings (SSSR count). The van der Waals surface area contributed by atoms with Gasteiger partial charge >= 0.3 is 0 Å². The van der Waals surface area contributed by atoms with Crippen LogP contribution in [-0.4, -0.2) is 55.4 Å². The maximum atomic E-state index is 12.0. The molecule has 1 aromatic carbocycles. The van der Waals surface area contributed by atoms with Gasteiger partial charge in [-0.1, -0.05) is 17.7 Å². The third-order valence-corrected chi connectivity index (χ3v) is 3.98. The van der Waals surface area contributed by atoms with E-state index in [2.05, 4.69) is 0 Å². The first-order valence-electron chi connectivity index (χ1n) is 6.35. The van der Waals surface area contributed by atoms with Crippen molar-refractivity contribution in [3.8, 4) is 0 Å². The molecule has 0 heterocycles. The Labute approximate surface area is 123 Å². The van der Waals surface area contributed by atoms with Crippen LogP contribution in [0.25, 0.3) is 0 Å². The van der Waals surface area contributed by atoms with E-state index in [1.807, 2.05) is 6.92 Å². The summed E-state index contributed by atoms with van der Waals surface area (Å²) in [7, 11) is -4.00. The summed E-state index contributed by atoms with van der Waals surface area (Å²) in [5.74, 6) is 0. The van der Waals surface area contributed by atoms with Crippen molar-refractivity contribution in [1.82, 2.24) is 0 Å². The molecule has 8 heteroatoms. The standard InChI is InChI=1S/C13H20O7S/c1-9-3-5-11(6-4-9)21(17,18)19-8-13(12(16)7-14)20-10(2)15/h3-6,10,12-16H,7-8H2,1-2H3. The second-order valence-corrected chi connectivity index (χ2v) is 6.19. The third-order valence-electron chi connectivity index (χ3n) is 2.69. The fraction of sp³-hybridized carbons (Fsp3) is 0.538. The number of hydrogen-bond acceptors (Lipinski definition) is 7. The van der Waals surface area contributed by atoms with E-state index in [9.17, 15) is 13.5 Å². The Morgan fingerprint density at radius 2 is 1.76 bits per heavy atom. The van der Waals surface area contributed by atoms with Gasteiger partial charge in [0, 0.05) is 0 Å². The molecule has 0 spiro atoms. The minimum atomic E-state index is -4.00. The highest BCUT2D eigenvalue weighted by Crippen LogP contribution is 2.15. The maximum absolute atomic E-state index is 12.0. The lowest BCUT2D eigenvalue weighted by Crippen LogP contribution is -2.38. The molecule has 0 aliphatic carbocycles. The van der Waals surface area contributed by atoms with Crippen LogP contribution < -0.4 is 0 Å². The van der Waals surface area contributed by atoms with E-state index in [0.29, 0.717) is 0 Å². The van der Waals surface area contributed by atoms with Crippen LogP contribution in [0, 0.1) is 6.92 Å². The average Bonchev–Trinajstić information content (AvgIpc) is 2.42. The summed E-state index contributed by atoms with van der Waals surface area (Å²) in [5, 5.41) is 27.5. The van der Waals surface area contributed by atoms with Crippen molar-refractivity contribution in [3.05, 3.63) is 29.8 Å². The molecule has 3 unspecified atom stereocenters. The lowest BCUT2D eigenvalue weighted by atomic mass is 10.2. The molecule has 3 N–H and O–H groups in total. The minimum Gasteiger partial charge on any atom is -0.394 e. The summed E-state index contributed by atoms with van der Waals surface area (Å²) in [5.41, 5.74) is 0.903. The molecule has 7 nitrogen and oxygen atoms in total. The molecule has 0 aromatic heterocycles. The lowest BCUT2D eigenvalue weighted by molar-refractivity contribution is -0.169. The summed E-state index contributed by atoms with van der Waals surface area (Å²) in [6.07, 6.45) is -3.77. The fourth-order valence-electron chi connectivity index (χ4n) is 1.54. The molecule has 0 bridgehead atoms. The molecule has 0 aliphatic rings. The Bertz CT molecular complexity index is 524. The van der Waals surface area contributed by atoms with Crippen molar-refractivity contribution in [2.75, 3.05) is 13.2 Å². The van der Waals surface area contributed by atoms with Crippen molar-refractivity contribution >= 4 is 10.1 Å². The number of aliphatic hydroxyl groups excluding tert-OH is 3. The molecule has 0 fully saturated rings. The second kappa shape index (κ2) is 7.83. The number of aryl methyl sites for hydroxylation is 1. The van der Waals surface area contributed by atoms with E-state index < -0.39 is 41.8 Å². The van der Waals surface area contributed by atoms with Gasteiger partial charge in [0.05, 0.1) is 18.1 Å². The second-order valence-electron chi connectivity index (χ2n) is 4.58. The first-order valence-corrected chi connectivity index (χ1v) is 7.75. The zero-order valence-electron chi connectivity index (χ0n) is 11.8. The van der Waals surface area contributed by atoms with Crippen molar-refractivity contribution in [2.45, 2.75) is 37.2 Å². The van der Waals surface area contributed by atoms with Gasteiger partial charge in [-0.25, -0.2) is 0 Å². The van der Waals surface area contributed by atoms with Gasteiger partial charge in [-0.05, 0) is 26.0 Å². The molecule has 0 saturated heterocycles. The normalized spacial score (nSPS) is 16.4. The quantitative estimate of drug-likeness (QED) is 0.448. The van der Waals surface area contributed by atoms with Crippen molar-refractivity contribution < 1.29 is 32.7 Å². The van der Waals surface area contributed by atoms with Gasteiger partial charge in [-0.3, -0.25) is 4.18 Å². The first kappa shape index (κ1) is 18.0. The molecular weight excluding hydrogens is 300 g/mol. The molecule has 0 saturated carbocycles. The summed E-state index contributed by atoms with van der Waals surface area (Å²) >= 11 is 0. The van der Waals surface area contributed by atoms with Crippen LogP contribution >= 0.6 is 0 Å². The Morgan fingerprint density at radius 3 is 2.24 bits per heavy atom. The molecule has 21 heavy (non-hydrogen) atoms. The van der Waals surface area contributed by atoms with Gasteiger partial charge in [0.2, 0.25) is 0 Å². The molecule has 0 amide bonds. The Balaban J connectivity index is 2.75. The first-order chi connectivity index (χ1) is 9.76. The summed E-state index contributed by atoms with van der Waals surface area (Å²) in [4.78, 5) is -0.0256. The molecular formula is C13H20O7S. The van der Waals surface area contributed by atoms with Crippen LogP contribution in [0.3, 0.4) is 0 Å². The minimum absolute atomic E-state index is 0.0256. The third kappa shape index (κ3) is 5.70. The summed E-state index contributed by atoms with van der Waals surface area (Å²) in [6.45, 7) is 1.95. The number of rotatable bonds is 8. The van der Waals surface area contributed by atoms with Crippen LogP contribution in [0.15, 0.2) is 29.2 Å². The van der Waals surface area contributed by atoms with E-state index in [4.69, 9.17) is 19.1 Å². The highest BCUT2D eigenvalue weighted by atomic mass is 32.2. The summed E-state index contributed by atoms with van der Waals surface area (Å²) < 4.78 is 33.6. The smallest absolute Gasteiger partial charge is 0.297 e. The van der Waals surface area contributed by atoms with Crippen LogP contribution in [0.5, 0.6) is 0 Å².